The van der Waals surface area contributed by atoms with E-state index in [-0.39, 0.29) is 11.6 Å². The van der Waals surface area contributed by atoms with Crippen molar-refractivity contribution in [3.63, 3.8) is 0 Å². The van der Waals surface area contributed by atoms with Crippen molar-refractivity contribution in [2.75, 3.05) is 13.2 Å². The van der Waals surface area contributed by atoms with Crippen LogP contribution < -0.4 is 4.74 Å². The maximum absolute atomic E-state index is 13.8. The van der Waals surface area contributed by atoms with Gasteiger partial charge in [-0.15, -0.1) is 11.3 Å². The summed E-state index contributed by atoms with van der Waals surface area (Å²) in [5.74, 6) is 0.340. The Labute approximate surface area is 184 Å². The minimum Gasteiger partial charge on any atom is -0.504 e. The van der Waals surface area contributed by atoms with E-state index in [9.17, 15) is 9.50 Å². The van der Waals surface area contributed by atoms with E-state index in [0.717, 1.165) is 35.2 Å². The second-order valence-electron chi connectivity index (χ2n) is 8.06. The van der Waals surface area contributed by atoms with Crippen LogP contribution in [0.3, 0.4) is 0 Å². The number of rotatable bonds is 3. The number of thiophene rings is 1. The zero-order valence-electron chi connectivity index (χ0n) is 17.5. The molecule has 4 aromatic rings. The molecule has 2 aromatic carbocycles. The Hall–Kier alpha value is -2.96. The van der Waals surface area contributed by atoms with Gasteiger partial charge in [-0.1, -0.05) is 0 Å². The van der Waals surface area contributed by atoms with Crippen LogP contribution in [0.2, 0.25) is 0 Å². The number of nitrogens with zero attached hydrogens (tertiary/aromatic N) is 2. The summed E-state index contributed by atoms with van der Waals surface area (Å²) in [6.07, 6.45) is 0. The predicted octanol–water partition coefficient (Wildman–Crippen LogP) is 5.82. The number of fused-ring (bicyclic) bond motifs is 2. The lowest BCUT2D eigenvalue weighted by Crippen LogP contribution is -2.25. The summed E-state index contributed by atoms with van der Waals surface area (Å²) >= 11 is 1.77. The first-order valence-electron chi connectivity index (χ1n) is 10.3. The third-order valence-corrected chi connectivity index (χ3v) is 6.81. The van der Waals surface area contributed by atoms with E-state index in [4.69, 9.17) is 4.74 Å². The molecule has 0 amide bonds. The van der Waals surface area contributed by atoms with Crippen LogP contribution in [0.4, 0.5) is 4.39 Å². The Morgan fingerprint density at radius 3 is 2.81 bits per heavy atom. The summed E-state index contributed by atoms with van der Waals surface area (Å²) < 4.78 is 19.7. The van der Waals surface area contributed by atoms with Gasteiger partial charge in [-0.2, -0.15) is 0 Å². The maximum atomic E-state index is 13.8. The predicted molar refractivity (Wildman–Crippen MR) is 122 cm³/mol. The van der Waals surface area contributed by atoms with Crippen LogP contribution in [0.15, 0.2) is 47.8 Å². The summed E-state index contributed by atoms with van der Waals surface area (Å²) in [6, 6.07) is 12.5. The summed E-state index contributed by atoms with van der Waals surface area (Å²) in [4.78, 5) is 8.35. The minimum absolute atomic E-state index is 0.112. The van der Waals surface area contributed by atoms with Crippen molar-refractivity contribution in [1.82, 2.24) is 9.88 Å². The Morgan fingerprint density at radius 2 is 2.00 bits per heavy atom. The first kappa shape index (κ1) is 20.0. The molecule has 158 valence electrons. The van der Waals surface area contributed by atoms with Gasteiger partial charge < -0.3 is 9.84 Å². The smallest absolute Gasteiger partial charge is 0.165 e. The molecule has 31 heavy (non-hydrogen) atoms. The number of aryl methyl sites for hydroxylation is 2. The third kappa shape index (κ3) is 3.89. The number of benzene rings is 2. The van der Waals surface area contributed by atoms with Gasteiger partial charge in [0.05, 0.1) is 11.2 Å². The van der Waals surface area contributed by atoms with Crippen molar-refractivity contribution in [3.05, 3.63) is 75.2 Å². The molecule has 0 radical (unpaired) electrons. The zero-order chi connectivity index (χ0) is 21.5. The van der Waals surface area contributed by atoms with Crippen molar-refractivity contribution in [2.24, 2.45) is 0 Å². The quantitative estimate of drug-likeness (QED) is 0.441. The Kier molecular flexibility index (Phi) is 5.12. The highest BCUT2D eigenvalue weighted by Crippen LogP contribution is 2.38. The van der Waals surface area contributed by atoms with Crippen molar-refractivity contribution in [1.29, 1.82) is 0 Å². The Bertz CT molecular complexity index is 1280. The molecule has 6 heteroatoms. The number of halogens is 1. The van der Waals surface area contributed by atoms with Crippen molar-refractivity contribution in [3.8, 4) is 22.8 Å². The molecule has 0 unspecified atom stereocenters. The lowest BCUT2D eigenvalue weighted by molar-refractivity contribution is 0.218. The second-order valence-corrected chi connectivity index (χ2v) is 9.06. The normalized spacial score (nSPS) is 14.3. The van der Waals surface area contributed by atoms with Gasteiger partial charge in [0, 0.05) is 47.1 Å². The van der Waals surface area contributed by atoms with Gasteiger partial charge in [0.25, 0.3) is 0 Å². The van der Waals surface area contributed by atoms with E-state index in [1.54, 1.807) is 23.5 Å². The SMILES string of the molecule is Cc1ccsc1CN1CCOc2c(O)cc(-c3cc(C)c4ccc(F)cc4n3)cc2C1. The molecule has 1 aliphatic rings. The molecule has 0 aliphatic carbocycles. The average Bonchev–Trinajstić information content (AvgIpc) is 3.01. The molecule has 1 N–H and O–H groups in total. The number of phenols is 1. The highest BCUT2D eigenvalue weighted by atomic mass is 32.1. The Morgan fingerprint density at radius 1 is 1.13 bits per heavy atom. The first-order chi connectivity index (χ1) is 15.0. The fourth-order valence-electron chi connectivity index (χ4n) is 4.13. The van der Waals surface area contributed by atoms with E-state index < -0.39 is 0 Å². The maximum Gasteiger partial charge on any atom is 0.165 e. The Balaban J connectivity index is 1.53. The van der Waals surface area contributed by atoms with E-state index in [2.05, 4.69) is 28.3 Å². The highest BCUT2D eigenvalue weighted by Gasteiger charge is 2.21. The number of ether oxygens (including phenoxy) is 1. The summed E-state index contributed by atoms with van der Waals surface area (Å²) in [6.45, 7) is 6.96. The molecule has 0 atom stereocenters. The number of aromatic nitrogens is 1. The van der Waals surface area contributed by atoms with E-state index in [1.165, 1.54) is 22.6 Å². The molecule has 1 aliphatic heterocycles. The van der Waals surface area contributed by atoms with Crippen LogP contribution in [0.1, 0.15) is 21.6 Å². The topological polar surface area (TPSA) is 45.6 Å². The van der Waals surface area contributed by atoms with Crippen LogP contribution in [0.5, 0.6) is 11.5 Å². The number of hydrogen-bond donors (Lipinski definition) is 1. The summed E-state index contributed by atoms with van der Waals surface area (Å²) in [7, 11) is 0. The van der Waals surface area contributed by atoms with Crippen molar-refractivity contribution >= 4 is 22.2 Å². The van der Waals surface area contributed by atoms with Gasteiger partial charge >= 0.3 is 0 Å². The van der Waals surface area contributed by atoms with Crippen LogP contribution in [0, 0.1) is 19.7 Å². The fourth-order valence-corrected chi connectivity index (χ4v) is 5.08. The molecule has 0 saturated carbocycles. The third-order valence-electron chi connectivity index (χ3n) is 5.80. The number of phenolic OH excluding ortho intramolecular Hbond substituents is 1. The van der Waals surface area contributed by atoms with Crippen LogP contribution in [0.25, 0.3) is 22.2 Å². The van der Waals surface area contributed by atoms with Gasteiger partial charge in [0.15, 0.2) is 11.5 Å². The largest absolute Gasteiger partial charge is 0.504 e. The van der Waals surface area contributed by atoms with Gasteiger partial charge in [-0.05, 0) is 66.8 Å². The zero-order valence-corrected chi connectivity index (χ0v) is 18.3. The van der Waals surface area contributed by atoms with Gasteiger partial charge in [0.1, 0.15) is 12.4 Å². The molecular formula is C25H23FN2O2S. The van der Waals surface area contributed by atoms with Gasteiger partial charge in [0.2, 0.25) is 0 Å². The molecule has 3 heterocycles. The van der Waals surface area contributed by atoms with E-state index in [0.29, 0.717) is 30.1 Å². The van der Waals surface area contributed by atoms with Gasteiger partial charge in [-0.25, -0.2) is 9.37 Å². The van der Waals surface area contributed by atoms with Gasteiger partial charge in [-0.3, -0.25) is 4.90 Å². The summed E-state index contributed by atoms with van der Waals surface area (Å²) in [5.41, 5.74) is 5.35. The molecule has 0 bridgehead atoms. The number of aromatic hydroxyl groups is 1. The minimum atomic E-state index is -0.311. The molecule has 4 nitrogen and oxygen atoms in total. The molecular weight excluding hydrogens is 411 g/mol. The molecule has 2 aromatic heterocycles. The number of hydrogen-bond acceptors (Lipinski definition) is 5. The molecule has 0 saturated heterocycles. The van der Waals surface area contributed by atoms with Crippen LogP contribution >= 0.6 is 11.3 Å². The lowest BCUT2D eigenvalue weighted by atomic mass is 10.0. The van der Waals surface area contributed by atoms with E-state index in [1.807, 2.05) is 19.1 Å². The average molecular weight is 435 g/mol. The first-order valence-corrected chi connectivity index (χ1v) is 11.2. The standard InChI is InChI=1S/C25H23FN2O2S/c1-15-5-8-31-24(15)14-28-6-7-30-25-18(13-28)10-17(11-23(25)29)21-9-16(2)20-4-3-19(26)12-22(20)27-21/h3-5,8-12,29H,6-7,13-14H2,1-2H3. The molecule has 0 spiro atoms. The lowest BCUT2D eigenvalue weighted by Gasteiger charge is -2.19. The highest BCUT2D eigenvalue weighted by molar-refractivity contribution is 7.10. The molecule has 5 rings (SSSR count). The van der Waals surface area contributed by atoms with Crippen molar-refractivity contribution in [2.45, 2.75) is 26.9 Å². The van der Waals surface area contributed by atoms with Crippen molar-refractivity contribution < 1.29 is 14.2 Å². The second kappa shape index (κ2) is 7.94. The number of pyridine rings is 1. The monoisotopic (exact) mass is 434 g/mol. The van der Waals surface area contributed by atoms with Crippen LogP contribution in [-0.2, 0) is 13.1 Å². The van der Waals surface area contributed by atoms with E-state index >= 15 is 0 Å². The molecule has 0 fully saturated rings. The van der Waals surface area contributed by atoms with Crippen LogP contribution in [-0.4, -0.2) is 28.1 Å². The fraction of sp³-hybridized carbons (Fsp3) is 0.240. The summed E-state index contributed by atoms with van der Waals surface area (Å²) in [5, 5.41) is 13.7.